The molecule has 1 fully saturated rings. The first-order valence-electron chi connectivity index (χ1n) is 13.1. The van der Waals surface area contributed by atoms with Crippen molar-refractivity contribution in [3.63, 3.8) is 0 Å². The summed E-state index contributed by atoms with van der Waals surface area (Å²) in [6, 6.07) is 13.1. The zero-order valence-electron chi connectivity index (χ0n) is 22.4. The molecule has 1 aliphatic carbocycles. The average Bonchev–Trinajstić information content (AvgIpc) is 3.30. The first-order valence-corrected chi connectivity index (χ1v) is 13.1. The number of hydrogen-bond donors (Lipinski definition) is 2. The lowest BCUT2D eigenvalue weighted by Crippen LogP contribution is -2.28. The second-order valence-electron chi connectivity index (χ2n) is 10.3. The first kappa shape index (κ1) is 26.4. The van der Waals surface area contributed by atoms with Gasteiger partial charge in [0.15, 0.2) is 5.65 Å². The number of carbonyl (C=O) groups excluding carboxylic acids is 1. The van der Waals surface area contributed by atoms with Gasteiger partial charge in [0.25, 0.3) is 5.91 Å². The zero-order chi connectivity index (χ0) is 27.6. The van der Waals surface area contributed by atoms with Crippen molar-refractivity contribution < 1.29 is 18.7 Å². The van der Waals surface area contributed by atoms with Crippen LogP contribution in [0.3, 0.4) is 0 Å². The van der Waals surface area contributed by atoms with Crippen LogP contribution in [0.1, 0.15) is 54.2 Å². The third-order valence-corrected chi connectivity index (χ3v) is 7.32. The molecule has 1 aliphatic rings. The molecule has 1 aromatic carbocycles. The molecule has 3 aromatic heterocycles. The summed E-state index contributed by atoms with van der Waals surface area (Å²) < 4.78 is 27.3. The minimum Gasteiger partial charge on any atom is -0.493 e. The predicted molar refractivity (Wildman–Crippen MR) is 146 cm³/mol. The van der Waals surface area contributed by atoms with E-state index in [4.69, 9.17) is 15.2 Å². The van der Waals surface area contributed by atoms with Gasteiger partial charge in [0.2, 0.25) is 11.8 Å². The number of benzene rings is 1. The van der Waals surface area contributed by atoms with Crippen molar-refractivity contribution >= 4 is 17.5 Å². The van der Waals surface area contributed by atoms with Crippen LogP contribution in [0.25, 0.3) is 16.8 Å². The van der Waals surface area contributed by atoms with E-state index in [0.717, 1.165) is 29.5 Å². The van der Waals surface area contributed by atoms with Gasteiger partial charge < -0.3 is 20.5 Å². The van der Waals surface area contributed by atoms with Crippen molar-refractivity contribution in [3.8, 4) is 22.8 Å². The quantitative estimate of drug-likeness (QED) is 0.331. The molecule has 0 radical (unpaired) electrons. The maximum atomic E-state index is 14.1. The molecule has 0 atom stereocenters. The van der Waals surface area contributed by atoms with Crippen molar-refractivity contribution in [2.75, 3.05) is 19.5 Å². The maximum Gasteiger partial charge on any atom is 0.257 e. The van der Waals surface area contributed by atoms with Gasteiger partial charge in [0, 0.05) is 29.6 Å². The number of nitrogens with one attached hydrogen (secondary N) is 1. The number of fused-ring (bicyclic) bond motifs is 1. The van der Waals surface area contributed by atoms with E-state index in [9.17, 15) is 9.18 Å². The molecule has 0 aliphatic heterocycles. The number of nitrogens with zero attached hydrogens (tertiary/aromatic N) is 4. The Balaban J connectivity index is 1.31. The smallest absolute Gasteiger partial charge is 0.257 e. The lowest BCUT2D eigenvalue weighted by molar-refractivity contribution is 0.0844. The Morgan fingerprint density at radius 1 is 1.21 bits per heavy atom. The zero-order valence-corrected chi connectivity index (χ0v) is 22.4. The largest absolute Gasteiger partial charge is 0.493 e. The monoisotopic (exact) mass is 532 g/mol. The normalized spacial score (nSPS) is 19.1. The predicted octanol–water partition coefficient (Wildman–Crippen LogP) is 4.92. The van der Waals surface area contributed by atoms with E-state index >= 15 is 0 Å². The number of amides is 1. The molecule has 10 heteroatoms. The Kier molecular flexibility index (Phi) is 7.36. The van der Waals surface area contributed by atoms with Crippen LogP contribution < -0.4 is 20.5 Å². The second-order valence-corrected chi connectivity index (χ2v) is 10.3. The van der Waals surface area contributed by atoms with Gasteiger partial charge in [-0.2, -0.15) is 4.98 Å². The number of aryl methyl sites for hydroxylation is 1. The van der Waals surface area contributed by atoms with Crippen LogP contribution in [-0.2, 0) is 6.54 Å². The number of aromatic nitrogens is 4. The highest BCUT2D eigenvalue weighted by Crippen LogP contribution is 2.35. The van der Waals surface area contributed by atoms with E-state index in [1.165, 1.54) is 7.11 Å². The topological polar surface area (TPSA) is 117 Å². The molecule has 4 aromatic rings. The molecule has 3 heterocycles. The summed E-state index contributed by atoms with van der Waals surface area (Å²) in [7, 11) is 1.49. The number of alkyl halides is 1. The van der Waals surface area contributed by atoms with Gasteiger partial charge in [0.1, 0.15) is 17.0 Å². The molecule has 3 N–H and O–H groups in total. The van der Waals surface area contributed by atoms with Crippen molar-refractivity contribution in [2.24, 2.45) is 5.92 Å². The fourth-order valence-corrected chi connectivity index (χ4v) is 4.98. The fraction of sp³-hybridized carbons (Fsp3) is 0.379. The number of carbonyl (C=O) groups is 1. The number of rotatable bonds is 8. The standard InChI is InChI=1S/C29H33FN6O3/c1-18-22(20-10-13-36-25(14-20)34-28(31)35-36)15-23(27(33-18)38-3)26(37)32-16-21-6-4-5-7-24(21)39-17-19-8-11-29(2,30)12-9-19/h4-7,10,13-15,19H,8-9,11-12,16-17H2,1-3H3,(H2,31,35)(H,32,37). The van der Waals surface area contributed by atoms with Gasteiger partial charge in [-0.1, -0.05) is 18.2 Å². The Bertz CT molecular complexity index is 1490. The van der Waals surface area contributed by atoms with E-state index in [0.29, 0.717) is 48.0 Å². The molecule has 0 saturated heterocycles. The number of hydrogen-bond acceptors (Lipinski definition) is 7. The highest BCUT2D eigenvalue weighted by molar-refractivity contribution is 5.97. The number of nitrogen functional groups attached to an aromatic ring is 1. The fourth-order valence-electron chi connectivity index (χ4n) is 4.98. The molecule has 39 heavy (non-hydrogen) atoms. The van der Waals surface area contributed by atoms with Gasteiger partial charge in [-0.15, -0.1) is 5.10 Å². The van der Waals surface area contributed by atoms with E-state index in [1.54, 1.807) is 23.7 Å². The maximum absolute atomic E-state index is 14.1. The Labute approximate surface area is 226 Å². The summed E-state index contributed by atoms with van der Waals surface area (Å²) in [6.07, 6.45) is 4.51. The van der Waals surface area contributed by atoms with Crippen LogP contribution >= 0.6 is 0 Å². The van der Waals surface area contributed by atoms with Crippen LogP contribution in [0.4, 0.5) is 10.3 Å². The number of pyridine rings is 2. The summed E-state index contributed by atoms with van der Waals surface area (Å²) in [5.74, 6) is 1.14. The Morgan fingerprint density at radius 2 is 1.97 bits per heavy atom. The number of methoxy groups -OCH3 is 1. The third kappa shape index (κ3) is 5.94. The number of anilines is 1. The average molecular weight is 533 g/mol. The van der Waals surface area contributed by atoms with Crippen LogP contribution in [0.5, 0.6) is 11.6 Å². The van der Waals surface area contributed by atoms with Crippen LogP contribution in [0.15, 0.2) is 48.7 Å². The van der Waals surface area contributed by atoms with Crippen LogP contribution in [0, 0.1) is 12.8 Å². The van der Waals surface area contributed by atoms with Crippen molar-refractivity contribution in [1.82, 2.24) is 24.9 Å². The van der Waals surface area contributed by atoms with Crippen LogP contribution in [0.2, 0.25) is 0 Å². The van der Waals surface area contributed by atoms with Crippen molar-refractivity contribution in [3.05, 3.63) is 65.5 Å². The van der Waals surface area contributed by atoms with E-state index in [2.05, 4.69) is 20.4 Å². The van der Waals surface area contributed by atoms with Gasteiger partial charge in [0.05, 0.1) is 13.7 Å². The van der Waals surface area contributed by atoms with E-state index in [1.807, 2.05) is 43.3 Å². The Hall–Kier alpha value is -4.21. The summed E-state index contributed by atoms with van der Waals surface area (Å²) in [4.78, 5) is 22.1. The van der Waals surface area contributed by atoms with Crippen molar-refractivity contribution in [1.29, 1.82) is 0 Å². The molecule has 1 saturated carbocycles. The molecule has 5 rings (SSSR count). The lowest BCUT2D eigenvalue weighted by Gasteiger charge is -2.31. The summed E-state index contributed by atoms with van der Waals surface area (Å²) in [6.45, 7) is 4.33. The highest BCUT2D eigenvalue weighted by atomic mass is 19.1. The van der Waals surface area contributed by atoms with E-state index < -0.39 is 5.67 Å². The molecule has 204 valence electrons. The molecule has 9 nitrogen and oxygen atoms in total. The summed E-state index contributed by atoms with van der Waals surface area (Å²) in [5.41, 5.74) is 8.71. The van der Waals surface area contributed by atoms with Gasteiger partial charge in [-0.25, -0.2) is 13.9 Å². The molecule has 0 bridgehead atoms. The molecule has 0 spiro atoms. The van der Waals surface area contributed by atoms with Crippen molar-refractivity contribution in [2.45, 2.75) is 51.7 Å². The van der Waals surface area contributed by atoms with Crippen LogP contribution in [-0.4, -0.2) is 44.9 Å². The number of ether oxygens (including phenoxy) is 2. The highest BCUT2D eigenvalue weighted by Gasteiger charge is 2.31. The number of nitrogens with two attached hydrogens (primary N) is 1. The SMILES string of the molecule is COc1nc(C)c(-c2ccn3nc(N)nc3c2)cc1C(=O)NCc1ccccc1OCC1CCC(C)(F)CC1. The summed E-state index contributed by atoms with van der Waals surface area (Å²) >= 11 is 0. The summed E-state index contributed by atoms with van der Waals surface area (Å²) in [5, 5.41) is 7.09. The minimum atomic E-state index is -1.07. The first-order chi connectivity index (χ1) is 18.7. The number of para-hydroxylation sites is 1. The molecule has 1 amide bonds. The Morgan fingerprint density at radius 3 is 2.74 bits per heavy atom. The second kappa shape index (κ2) is 10.9. The lowest BCUT2D eigenvalue weighted by atomic mass is 9.81. The van der Waals surface area contributed by atoms with Gasteiger partial charge in [-0.3, -0.25) is 4.79 Å². The third-order valence-electron chi connectivity index (χ3n) is 7.32. The van der Waals surface area contributed by atoms with Gasteiger partial charge in [-0.05, 0) is 75.3 Å². The van der Waals surface area contributed by atoms with E-state index in [-0.39, 0.29) is 24.3 Å². The minimum absolute atomic E-state index is 0.183. The molecular formula is C29H33FN6O3. The van der Waals surface area contributed by atoms with Gasteiger partial charge >= 0.3 is 0 Å². The molecule has 0 unspecified atom stereocenters. The number of halogens is 1. The molecular weight excluding hydrogens is 499 g/mol.